The number of methoxy groups -OCH3 is 1. The third kappa shape index (κ3) is 3.72. The highest BCUT2D eigenvalue weighted by atomic mass is 35.5. The minimum Gasteiger partial charge on any atom is -0.495 e. The van der Waals surface area contributed by atoms with Crippen molar-refractivity contribution in [2.45, 2.75) is 17.9 Å². The van der Waals surface area contributed by atoms with E-state index >= 15 is 0 Å². The van der Waals surface area contributed by atoms with Gasteiger partial charge in [0.1, 0.15) is 5.75 Å². The number of nitrogens with one attached hydrogen (secondary N) is 1. The van der Waals surface area contributed by atoms with E-state index in [-0.39, 0.29) is 9.92 Å². The second-order valence-electron chi connectivity index (χ2n) is 4.39. The molecule has 112 valence electrons. The van der Waals surface area contributed by atoms with Crippen molar-refractivity contribution in [2.24, 2.45) is 0 Å². The van der Waals surface area contributed by atoms with E-state index in [0.717, 1.165) is 0 Å². The molecule has 0 fully saturated rings. The Labute approximate surface area is 129 Å². The van der Waals surface area contributed by atoms with Crippen LogP contribution < -0.4 is 9.46 Å². The number of sulfonamides is 1. The summed E-state index contributed by atoms with van der Waals surface area (Å²) in [6, 6.07) is 9.20. The summed E-state index contributed by atoms with van der Waals surface area (Å²) in [7, 11) is -2.22. The molecule has 0 radical (unpaired) electrons. The first kappa shape index (κ1) is 15.8. The van der Waals surface area contributed by atoms with Gasteiger partial charge in [0.05, 0.1) is 28.8 Å². The van der Waals surface area contributed by atoms with Crippen molar-refractivity contribution in [1.82, 2.24) is 9.71 Å². The molecule has 0 saturated heterocycles. The Balaban J connectivity index is 2.24. The molecule has 0 spiro atoms. The molecule has 1 aromatic carbocycles. The summed E-state index contributed by atoms with van der Waals surface area (Å²) in [5, 5.41) is 0.242. The molecule has 0 aliphatic rings. The quantitative estimate of drug-likeness (QED) is 0.917. The number of halogens is 1. The van der Waals surface area contributed by atoms with Gasteiger partial charge in [0.15, 0.2) is 0 Å². The molecule has 1 atom stereocenters. The molecule has 0 amide bonds. The van der Waals surface area contributed by atoms with E-state index < -0.39 is 16.1 Å². The van der Waals surface area contributed by atoms with E-state index in [2.05, 4.69) is 9.71 Å². The van der Waals surface area contributed by atoms with Crippen molar-refractivity contribution in [3.05, 3.63) is 53.3 Å². The number of aromatic nitrogens is 1. The Hall–Kier alpha value is -1.63. The normalized spacial score (nSPS) is 12.9. The fraction of sp³-hybridized carbons (Fsp3) is 0.214. The number of ether oxygens (including phenoxy) is 1. The molecule has 0 aliphatic heterocycles. The number of pyridine rings is 1. The van der Waals surface area contributed by atoms with Gasteiger partial charge in [-0.1, -0.05) is 17.7 Å². The van der Waals surface area contributed by atoms with Gasteiger partial charge in [-0.2, -0.15) is 0 Å². The lowest BCUT2D eigenvalue weighted by atomic mass is 10.2. The summed E-state index contributed by atoms with van der Waals surface area (Å²) in [5.41, 5.74) is 0.640. The van der Waals surface area contributed by atoms with Crippen molar-refractivity contribution < 1.29 is 13.2 Å². The van der Waals surface area contributed by atoms with Crippen molar-refractivity contribution in [3.63, 3.8) is 0 Å². The van der Waals surface area contributed by atoms with E-state index in [9.17, 15) is 8.42 Å². The number of hydrogen-bond donors (Lipinski definition) is 1. The minimum atomic E-state index is -3.69. The zero-order valence-corrected chi connectivity index (χ0v) is 13.1. The predicted octanol–water partition coefficient (Wildman–Crippen LogP) is 2.78. The highest BCUT2D eigenvalue weighted by Crippen LogP contribution is 2.27. The van der Waals surface area contributed by atoms with Crippen LogP contribution in [-0.4, -0.2) is 20.5 Å². The van der Waals surface area contributed by atoms with Gasteiger partial charge in [0.2, 0.25) is 10.0 Å². The van der Waals surface area contributed by atoms with Crippen LogP contribution in [0.2, 0.25) is 5.02 Å². The monoisotopic (exact) mass is 326 g/mol. The van der Waals surface area contributed by atoms with Crippen molar-refractivity contribution in [2.75, 3.05) is 7.11 Å². The first-order chi connectivity index (χ1) is 9.94. The minimum absolute atomic E-state index is 0.0797. The second kappa shape index (κ2) is 6.43. The average Bonchev–Trinajstić information content (AvgIpc) is 2.47. The van der Waals surface area contributed by atoms with Crippen LogP contribution in [0.25, 0.3) is 0 Å². The molecular weight excluding hydrogens is 312 g/mol. The maximum atomic E-state index is 12.3. The van der Waals surface area contributed by atoms with Crippen LogP contribution in [0.1, 0.15) is 18.7 Å². The molecule has 7 heteroatoms. The maximum absolute atomic E-state index is 12.3. The maximum Gasteiger partial charge on any atom is 0.241 e. The van der Waals surface area contributed by atoms with E-state index in [1.807, 2.05) is 0 Å². The van der Waals surface area contributed by atoms with E-state index in [1.54, 1.807) is 31.3 Å². The number of benzene rings is 1. The third-order valence-corrected chi connectivity index (χ3v) is 4.73. The van der Waals surface area contributed by atoms with Gasteiger partial charge in [0, 0.05) is 6.20 Å². The molecule has 0 bridgehead atoms. The smallest absolute Gasteiger partial charge is 0.241 e. The topological polar surface area (TPSA) is 68.3 Å². The van der Waals surface area contributed by atoms with Gasteiger partial charge >= 0.3 is 0 Å². The van der Waals surface area contributed by atoms with Gasteiger partial charge in [-0.25, -0.2) is 13.1 Å². The Morgan fingerprint density at radius 2 is 2.05 bits per heavy atom. The van der Waals surface area contributed by atoms with Crippen molar-refractivity contribution in [1.29, 1.82) is 0 Å². The van der Waals surface area contributed by atoms with Crippen LogP contribution in [0.3, 0.4) is 0 Å². The molecule has 21 heavy (non-hydrogen) atoms. The predicted molar refractivity (Wildman–Crippen MR) is 81.0 cm³/mol. The summed E-state index contributed by atoms with van der Waals surface area (Å²) in [5.74, 6) is 0.424. The highest BCUT2D eigenvalue weighted by Gasteiger charge is 2.20. The number of nitrogens with zero attached hydrogens (tertiary/aromatic N) is 1. The van der Waals surface area contributed by atoms with Crippen LogP contribution in [0, 0.1) is 0 Å². The van der Waals surface area contributed by atoms with Gasteiger partial charge in [-0.15, -0.1) is 0 Å². The lowest BCUT2D eigenvalue weighted by Crippen LogP contribution is -2.27. The second-order valence-corrected chi connectivity index (χ2v) is 6.52. The first-order valence-corrected chi connectivity index (χ1v) is 8.07. The van der Waals surface area contributed by atoms with Crippen LogP contribution in [0.15, 0.2) is 47.5 Å². The summed E-state index contributed by atoms with van der Waals surface area (Å²) >= 11 is 5.96. The lowest BCUT2D eigenvalue weighted by Gasteiger charge is -2.14. The first-order valence-electron chi connectivity index (χ1n) is 6.21. The Morgan fingerprint density at radius 3 is 2.62 bits per heavy atom. The van der Waals surface area contributed by atoms with Gasteiger partial charge in [-0.3, -0.25) is 4.98 Å². The summed E-state index contributed by atoms with van der Waals surface area (Å²) in [6.45, 7) is 1.73. The van der Waals surface area contributed by atoms with E-state index in [4.69, 9.17) is 16.3 Å². The Morgan fingerprint density at radius 1 is 1.29 bits per heavy atom. The third-order valence-electron chi connectivity index (χ3n) is 2.90. The molecule has 0 aliphatic carbocycles. The molecule has 2 aromatic rings. The molecular formula is C14H15ClN2O3S. The van der Waals surface area contributed by atoms with Gasteiger partial charge < -0.3 is 4.74 Å². The Bertz CT molecular complexity index is 720. The molecule has 1 heterocycles. The molecule has 1 N–H and O–H groups in total. The summed E-state index contributed by atoms with van der Waals surface area (Å²) < 4.78 is 32.2. The van der Waals surface area contributed by atoms with Gasteiger partial charge in [-0.05, 0) is 37.3 Å². The van der Waals surface area contributed by atoms with E-state index in [0.29, 0.717) is 11.4 Å². The zero-order valence-electron chi connectivity index (χ0n) is 11.6. The Kier molecular flexibility index (Phi) is 4.82. The summed E-state index contributed by atoms with van der Waals surface area (Å²) in [6.07, 6.45) is 1.62. The lowest BCUT2D eigenvalue weighted by molar-refractivity contribution is 0.414. The van der Waals surface area contributed by atoms with Gasteiger partial charge in [0.25, 0.3) is 0 Å². The van der Waals surface area contributed by atoms with E-state index in [1.165, 1.54) is 25.3 Å². The van der Waals surface area contributed by atoms with Crippen LogP contribution in [-0.2, 0) is 10.0 Å². The fourth-order valence-electron chi connectivity index (χ4n) is 1.81. The average molecular weight is 327 g/mol. The highest BCUT2D eigenvalue weighted by molar-refractivity contribution is 7.89. The molecule has 1 aromatic heterocycles. The van der Waals surface area contributed by atoms with Crippen LogP contribution in [0.4, 0.5) is 0 Å². The molecule has 0 saturated carbocycles. The van der Waals surface area contributed by atoms with Crippen LogP contribution in [0.5, 0.6) is 5.75 Å². The zero-order chi connectivity index (χ0) is 15.5. The van der Waals surface area contributed by atoms with Crippen LogP contribution >= 0.6 is 11.6 Å². The standard InChI is InChI=1S/C14H15ClN2O3S/c1-10(13-5-3-4-8-16-13)17-21(18,19)11-6-7-14(20-2)12(15)9-11/h3-10,17H,1-2H3. The van der Waals surface area contributed by atoms with Crippen molar-refractivity contribution >= 4 is 21.6 Å². The SMILES string of the molecule is COc1ccc(S(=O)(=O)NC(C)c2ccccn2)cc1Cl. The molecule has 2 rings (SSSR count). The molecule has 1 unspecified atom stereocenters. The number of rotatable bonds is 5. The summed E-state index contributed by atoms with van der Waals surface area (Å²) in [4.78, 5) is 4.21. The van der Waals surface area contributed by atoms with Crippen molar-refractivity contribution in [3.8, 4) is 5.75 Å². The number of hydrogen-bond acceptors (Lipinski definition) is 4. The fourth-order valence-corrected chi connectivity index (χ4v) is 3.37. The largest absolute Gasteiger partial charge is 0.495 e. The molecule has 5 nitrogen and oxygen atoms in total.